The third-order valence-corrected chi connectivity index (χ3v) is 5.24. The number of ether oxygens (including phenoxy) is 2. The number of pyridine rings is 1. The summed E-state index contributed by atoms with van der Waals surface area (Å²) < 4.78 is 76.8. The number of hydrogen-bond acceptors (Lipinski definition) is 10. The van der Waals surface area contributed by atoms with Gasteiger partial charge in [0.25, 0.3) is 5.91 Å². The Bertz CT molecular complexity index is 1680. The van der Waals surface area contributed by atoms with Gasteiger partial charge in [-0.3, -0.25) is 9.48 Å². The van der Waals surface area contributed by atoms with Crippen LogP contribution in [0.15, 0.2) is 61.4 Å². The van der Waals surface area contributed by atoms with Crippen molar-refractivity contribution in [2.75, 3.05) is 23.1 Å². The molecule has 3 aromatic heterocycles. The molecule has 0 unspecified atom stereocenters. The third-order valence-electron chi connectivity index (χ3n) is 5.24. The molecule has 0 bridgehead atoms. The van der Waals surface area contributed by atoms with Crippen molar-refractivity contribution >= 4 is 40.7 Å². The van der Waals surface area contributed by atoms with Gasteiger partial charge in [0.2, 0.25) is 11.8 Å². The van der Waals surface area contributed by atoms with Crippen LogP contribution in [-0.2, 0) is 21.4 Å². The third kappa shape index (κ3) is 6.93. The molecule has 0 saturated heterocycles. The fourth-order valence-electron chi connectivity index (χ4n) is 3.33. The summed E-state index contributed by atoms with van der Waals surface area (Å²) in [6.07, 6.45) is 0.385. The van der Waals surface area contributed by atoms with E-state index in [-0.39, 0.29) is 40.1 Å². The molecule has 0 atom stereocenters. The van der Waals surface area contributed by atoms with Crippen molar-refractivity contribution in [1.29, 1.82) is 0 Å². The number of amides is 1. The Morgan fingerprint density at radius 3 is 2.40 bits per heavy atom. The van der Waals surface area contributed by atoms with Crippen LogP contribution in [0.4, 0.5) is 50.8 Å². The first kappa shape index (κ1) is 29.4. The molecule has 0 saturated carbocycles. The number of esters is 1. The molecule has 0 fully saturated rings. The van der Waals surface area contributed by atoms with Gasteiger partial charge in [-0.15, -0.1) is 0 Å². The standard InChI is InChI=1S/C25H19F5N8O4/c1-12(42-23(40)25(28,29)30)21(39)34-14-4-5-17(26)19(7-14)36-20-16(13-6-18(27)22(41-3)31-8-13)10-32-24(37-20)35-15-9-33-38(2)11-15/h4-11H,1H2,2-3H3,(H,34,39)(H2,32,35,36,37). The van der Waals surface area contributed by atoms with Crippen molar-refractivity contribution in [2.45, 2.75) is 6.18 Å². The molecule has 3 N–H and O–H groups in total. The van der Waals surface area contributed by atoms with Gasteiger partial charge in [-0.05, 0) is 24.3 Å². The zero-order valence-electron chi connectivity index (χ0n) is 21.6. The van der Waals surface area contributed by atoms with Gasteiger partial charge in [-0.25, -0.2) is 23.5 Å². The number of nitrogens with zero attached hydrogens (tertiary/aromatic N) is 5. The maximum absolute atomic E-state index is 14.9. The maximum atomic E-state index is 14.9. The van der Waals surface area contributed by atoms with Crippen molar-refractivity contribution in [3.05, 3.63) is 73.0 Å². The number of benzene rings is 1. The van der Waals surface area contributed by atoms with E-state index in [1.807, 2.05) is 0 Å². The topological polar surface area (TPSA) is 145 Å². The molecule has 0 spiro atoms. The van der Waals surface area contributed by atoms with E-state index in [1.54, 1.807) is 13.2 Å². The minimum atomic E-state index is -5.35. The van der Waals surface area contributed by atoms with E-state index in [9.17, 15) is 31.5 Å². The summed E-state index contributed by atoms with van der Waals surface area (Å²) in [4.78, 5) is 35.6. The number of rotatable bonds is 9. The van der Waals surface area contributed by atoms with Crippen LogP contribution >= 0.6 is 0 Å². The fraction of sp³-hybridized carbons (Fsp3) is 0.120. The van der Waals surface area contributed by atoms with Gasteiger partial charge in [0, 0.05) is 42.5 Å². The van der Waals surface area contributed by atoms with Gasteiger partial charge >= 0.3 is 12.1 Å². The summed E-state index contributed by atoms with van der Waals surface area (Å²) in [5.41, 5.74) is 0.517. The van der Waals surface area contributed by atoms with Gasteiger partial charge in [-0.2, -0.15) is 23.3 Å². The Labute approximate surface area is 233 Å². The van der Waals surface area contributed by atoms with Crippen LogP contribution in [0.25, 0.3) is 11.1 Å². The number of hydrogen-bond donors (Lipinski definition) is 3. The Hall–Kier alpha value is -5.61. The number of methoxy groups -OCH3 is 1. The second-order valence-electron chi connectivity index (χ2n) is 8.28. The summed E-state index contributed by atoms with van der Waals surface area (Å²) in [5, 5.41) is 11.8. The Kier molecular flexibility index (Phi) is 8.30. The van der Waals surface area contributed by atoms with Crippen molar-refractivity contribution in [3.8, 4) is 17.0 Å². The Balaban J connectivity index is 1.65. The first-order chi connectivity index (χ1) is 19.8. The highest BCUT2D eigenvalue weighted by Gasteiger charge is 2.42. The minimum absolute atomic E-state index is 0.0337. The van der Waals surface area contributed by atoms with E-state index >= 15 is 0 Å². The van der Waals surface area contributed by atoms with Crippen LogP contribution in [0.3, 0.4) is 0 Å². The number of alkyl halides is 3. The van der Waals surface area contributed by atoms with Gasteiger partial charge in [0.15, 0.2) is 11.6 Å². The lowest BCUT2D eigenvalue weighted by Crippen LogP contribution is -2.28. The van der Waals surface area contributed by atoms with Crippen molar-refractivity contribution in [2.24, 2.45) is 7.05 Å². The highest BCUT2D eigenvalue weighted by Crippen LogP contribution is 2.33. The molecular weight excluding hydrogens is 571 g/mol. The molecule has 17 heteroatoms. The van der Waals surface area contributed by atoms with Crippen LogP contribution < -0.4 is 20.7 Å². The molecule has 218 valence electrons. The molecule has 0 aliphatic carbocycles. The normalized spacial score (nSPS) is 11.0. The molecule has 3 heterocycles. The summed E-state index contributed by atoms with van der Waals surface area (Å²) in [6.45, 7) is 3.00. The number of nitrogens with one attached hydrogen (secondary N) is 3. The fourth-order valence-corrected chi connectivity index (χ4v) is 3.33. The van der Waals surface area contributed by atoms with E-state index in [0.717, 1.165) is 24.3 Å². The number of carbonyl (C=O) groups excluding carboxylic acids is 2. The SMILES string of the molecule is C=C(OC(=O)C(F)(F)F)C(=O)Nc1ccc(F)c(Nc2nc(Nc3cnn(C)c3)ncc2-c2cnc(OC)c(F)c2)c1. The summed E-state index contributed by atoms with van der Waals surface area (Å²) in [5.74, 6) is -6.95. The van der Waals surface area contributed by atoms with E-state index in [2.05, 4.69) is 47.3 Å². The highest BCUT2D eigenvalue weighted by molar-refractivity contribution is 6.03. The van der Waals surface area contributed by atoms with Crippen LogP contribution in [0.1, 0.15) is 0 Å². The largest absolute Gasteiger partial charge is 0.491 e. The zero-order chi connectivity index (χ0) is 30.6. The van der Waals surface area contributed by atoms with Gasteiger partial charge in [0.1, 0.15) is 11.6 Å². The average Bonchev–Trinajstić information content (AvgIpc) is 3.34. The molecule has 12 nitrogen and oxygen atoms in total. The molecule has 4 aromatic rings. The molecule has 0 aliphatic rings. The number of halogens is 5. The maximum Gasteiger partial charge on any atom is 0.491 e. The second kappa shape index (κ2) is 11.9. The molecule has 0 aliphatic heterocycles. The van der Waals surface area contributed by atoms with Crippen LogP contribution in [-0.4, -0.2) is 49.9 Å². The molecule has 0 radical (unpaired) electrons. The zero-order valence-corrected chi connectivity index (χ0v) is 21.6. The first-order valence-corrected chi connectivity index (χ1v) is 11.5. The number of anilines is 5. The van der Waals surface area contributed by atoms with E-state index in [4.69, 9.17) is 4.74 Å². The Morgan fingerprint density at radius 2 is 1.76 bits per heavy atom. The molecular formula is C25H19F5N8O4. The molecule has 4 rings (SSSR count). The predicted octanol–water partition coefficient (Wildman–Crippen LogP) is 4.60. The van der Waals surface area contributed by atoms with Crippen LogP contribution in [0.5, 0.6) is 5.88 Å². The van der Waals surface area contributed by atoms with Crippen molar-refractivity contribution < 1.29 is 41.0 Å². The lowest BCUT2D eigenvalue weighted by Gasteiger charge is -2.15. The minimum Gasteiger partial charge on any atom is -0.479 e. The van der Waals surface area contributed by atoms with E-state index in [1.165, 1.54) is 30.4 Å². The second-order valence-corrected chi connectivity index (χ2v) is 8.28. The average molecular weight is 590 g/mol. The summed E-state index contributed by atoms with van der Waals surface area (Å²) >= 11 is 0. The van der Waals surface area contributed by atoms with E-state index < -0.39 is 35.4 Å². The van der Waals surface area contributed by atoms with Crippen molar-refractivity contribution in [1.82, 2.24) is 24.7 Å². The number of aromatic nitrogens is 5. The van der Waals surface area contributed by atoms with Crippen LogP contribution in [0.2, 0.25) is 0 Å². The quantitative estimate of drug-likeness (QED) is 0.109. The summed E-state index contributed by atoms with van der Waals surface area (Å²) in [7, 11) is 2.93. The smallest absolute Gasteiger partial charge is 0.479 e. The molecule has 42 heavy (non-hydrogen) atoms. The van der Waals surface area contributed by atoms with Crippen LogP contribution in [0, 0.1) is 11.6 Å². The monoisotopic (exact) mass is 590 g/mol. The predicted molar refractivity (Wildman–Crippen MR) is 138 cm³/mol. The number of aryl methyl sites for hydroxylation is 1. The molecule has 1 aromatic carbocycles. The van der Waals surface area contributed by atoms with Gasteiger partial charge in [-0.1, -0.05) is 6.58 Å². The van der Waals surface area contributed by atoms with E-state index in [0.29, 0.717) is 5.69 Å². The Morgan fingerprint density at radius 1 is 1.00 bits per heavy atom. The number of carbonyl (C=O) groups is 2. The van der Waals surface area contributed by atoms with Crippen molar-refractivity contribution in [3.63, 3.8) is 0 Å². The van der Waals surface area contributed by atoms with Gasteiger partial charge in [0.05, 0.1) is 24.7 Å². The molecule has 1 amide bonds. The summed E-state index contributed by atoms with van der Waals surface area (Å²) in [6, 6.07) is 4.22. The lowest BCUT2D eigenvalue weighted by atomic mass is 10.1. The lowest BCUT2D eigenvalue weighted by molar-refractivity contribution is -0.195. The highest BCUT2D eigenvalue weighted by atomic mass is 19.4. The first-order valence-electron chi connectivity index (χ1n) is 11.5. The van der Waals surface area contributed by atoms with Gasteiger partial charge < -0.3 is 25.4 Å².